The second kappa shape index (κ2) is 6.57. The molecule has 8 heteroatoms. The Morgan fingerprint density at radius 3 is 2.61 bits per heavy atom. The van der Waals surface area contributed by atoms with Crippen molar-refractivity contribution in [3.8, 4) is 0 Å². The van der Waals surface area contributed by atoms with Crippen LogP contribution in [0.2, 0.25) is 0 Å². The van der Waals surface area contributed by atoms with Crippen LogP contribution in [0.3, 0.4) is 0 Å². The number of hydrogen-bond acceptors (Lipinski definition) is 6. The Hall–Kier alpha value is -2.74. The van der Waals surface area contributed by atoms with E-state index < -0.39 is 0 Å². The first-order chi connectivity index (χ1) is 11.1. The smallest absolute Gasteiger partial charge is 0.258 e. The van der Waals surface area contributed by atoms with Crippen LogP contribution in [0.5, 0.6) is 0 Å². The summed E-state index contributed by atoms with van der Waals surface area (Å²) in [6.45, 7) is 1.79. The molecule has 2 heterocycles. The Kier molecular flexibility index (Phi) is 4.33. The highest BCUT2D eigenvalue weighted by Crippen LogP contribution is 2.21. The van der Waals surface area contributed by atoms with Crippen molar-refractivity contribution in [3.05, 3.63) is 58.5 Å². The molecule has 1 amide bonds. The monoisotopic (exact) mass is 373 g/mol. The zero-order valence-corrected chi connectivity index (χ0v) is 13.7. The summed E-state index contributed by atoms with van der Waals surface area (Å²) in [7, 11) is 0. The largest absolute Gasteiger partial charge is 0.360 e. The molecule has 0 spiro atoms. The molecule has 23 heavy (non-hydrogen) atoms. The number of rotatable bonds is 4. The van der Waals surface area contributed by atoms with Crippen LogP contribution in [0.1, 0.15) is 16.1 Å². The summed E-state index contributed by atoms with van der Waals surface area (Å²) in [6, 6.07) is 9.07. The molecular weight excluding hydrogens is 362 g/mol. The standard InChI is InChI=1S/C15H12BrN5O2/c1-9-6-13(21-23-9)20-15-17-7-10(8-18-15)14(22)19-12-5-3-2-4-11(12)16/h2-8H,1H3,(H,19,22)(H,17,18,20,21). The van der Waals surface area contributed by atoms with Gasteiger partial charge in [-0.1, -0.05) is 17.3 Å². The molecule has 0 aliphatic carbocycles. The first-order valence-electron chi connectivity index (χ1n) is 6.70. The summed E-state index contributed by atoms with van der Waals surface area (Å²) in [5.41, 5.74) is 1.03. The van der Waals surface area contributed by atoms with Crippen LogP contribution in [0.15, 0.2) is 51.7 Å². The number of aromatic nitrogens is 3. The fourth-order valence-corrected chi connectivity index (χ4v) is 2.19. The van der Waals surface area contributed by atoms with Crippen molar-refractivity contribution in [1.29, 1.82) is 0 Å². The maximum atomic E-state index is 12.2. The first kappa shape index (κ1) is 15.2. The minimum absolute atomic E-state index is 0.291. The van der Waals surface area contributed by atoms with E-state index in [1.54, 1.807) is 19.1 Å². The minimum Gasteiger partial charge on any atom is -0.360 e. The SMILES string of the molecule is Cc1cc(Nc2ncc(C(=O)Nc3ccccc3Br)cn2)no1. The molecule has 0 radical (unpaired) electrons. The number of amides is 1. The van der Waals surface area contributed by atoms with Gasteiger partial charge in [-0.15, -0.1) is 0 Å². The van der Waals surface area contributed by atoms with Crippen molar-refractivity contribution in [1.82, 2.24) is 15.1 Å². The van der Waals surface area contributed by atoms with Gasteiger partial charge in [0.2, 0.25) is 5.95 Å². The summed E-state index contributed by atoms with van der Waals surface area (Å²) in [5.74, 6) is 1.22. The van der Waals surface area contributed by atoms with E-state index in [0.717, 1.165) is 4.47 Å². The predicted molar refractivity (Wildman–Crippen MR) is 88.6 cm³/mol. The fraction of sp³-hybridized carbons (Fsp3) is 0.0667. The van der Waals surface area contributed by atoms with Gasteiger partial charge in [0.25, 0.3) is 5.91 Å². The van der Waals surface area contributed by atoms with Crippen molar-refractivity contribution in [2.24, 2.45) is 0 Å². The van der Waals surface area contributed by atoms with Crippen LogP contribution in [-0.4, -0.2) is 21.0 Å². The lowest BCUT2D eigenvalue weighted by molar-refractivity contribution is 0.102. The number of halogens is 1. The predicted octanol–water partition coefficient (Wildman–Crippen LogP) is 3.53. The van der Waals surface area contributed by atoms with Crippen LogP contribution >= 0.6 is 15.9 Å². The summed E-state index contributed by atoms with van der Waals surface area (Å²) < 4.78 is 5.74. The highest BCUT2D eigenvalue weighted by atomic mass is 79.9. The zero-order chi connectivity index (χ0) is 16.2. The van der Waals surface area contributed by atoms with Gasteiger partial charge in [-0.2, -0.15) is 0 Å². The lowest BCUT2D eigenvalue weighted by atomic mass is 10.3. The molecule has 0 unspecified atom stereocenters. The molecule has 2 aromatic heterocycles. The third-order valence-corrected chi connectivity index (χ3v) is 3.60. The van der Waals surface area contributed by atoms with E-state index in [-0.39, 0.29) is 5.91 Å². The molecule has 0 saturated carbocycles. The topological polar surface area (TPSA) is 92.9 Å². The van der Waals surface area contributed by atoms with Gasteiger partial charge in [0.1, 0.15) is 5.76 Å². The van der Waals surface area contributed by atoms with Crippen molar-refractivity contribution < 1.29 is 9.32 Å². The van der Waals surface area contributed by atoms with Crippen molar-refractivity contribution in [3.63, 3.8) is 0 Å². The van der Waals surface area contributed by atoms with Gasteiger partial charge in [0.15, 0.2) is 5.82 Å². The first-order valence-corrected chi connectivity index (χ1v) is 7.49. The number of aryl methyl sites for hydroxylation is 1. The molecule has 3 aromatic rings. The van der Waals surface area contributed by atoms with Crippen LogP contribution < -0.4 is 10.6 Å². The normalized spacial score (nSPS) is 10.3. The van der Waals surface area contributed by atoms with Crippen molar-refractivity contribution >= 4 is 39.3 Å². The van der Waals surface area contributed by atoms with E-state index in [4.69, 9.17) is 4.52 Å². The number of nitrogens with zero attached hydrogens (tertiary/aromatic N) is 3. The molecule has 7 nitrogen and oxygen atoms in total. The number of nitrogens with one attached hydrogen (secondary N) is 2. The molecule has 3 rings (SSSR count). The molecule has 0 bridgehead atoms. The molecule has 0 aliphatic rings. The minimum atomic E-state index is -0.291. The van der Waals surface area contributed by atoms with E-state index >= 15 is 0 Å². The van der Waals surface area contributed by atoms with Crippen LogP contribution in [-0.2, 0) is 0 Å². The van der Waals surface area contributed by atoms with Crippen LogP contribution in [0.4, 0.5) is 17.5 Å². The van der Waals surface area contributed by atoms with Gasteiger partial charge in [0.05, 0.1) is 11.3 Å². The Balaban J connectivity index is 1.69. The molecule has 116 valence electrons. The Morgan fingerprint density at radius 1 is 1.22 bits per heavy atom. The summed E-state index contributed by atoms with van der Waals surface area (Å²) in [5, 5.41) is 9.45. The van der Waals surface area contributed by atoms with E-state index in [0.29, 0.717) is 28.8 Å². The molecular formula is C15H12BrN5O2. The van der Waals surface area contributed by atoms with Gasteiger partial charge in [-0.05, 0) is 35.0 Å². The van der Waals surface area contributed by atoms with Gasteiger partial charge in [-0.3, -0.25) is 4.79 Å². The number of para-hydroxylation sites is 1. The number of hydrogen-bond donors (Lipinski definition) is 2. The molecule has 0 aliphatic heterocycles. The van der Waals surface area contributed by atoms with E-state index in [2.05, 4.69) is 41.7 Å². The van der Waals surface area contributed by atoms with Crippen LogP contribution in [0, 0.1) is 6.92 Å². The summed E-state index contributed by atoms with van der Waals surface area (Å²) >= 11 is 3.38. The lowest BCUT2D eigenvalue weighted by Gasteiger charge is -2.07. The fourth-order valence-electron chi connectivity index (χ4n) is 1.81. The van der Waals surface area contributed by atoms with Gasteiger partial charge < -0.3 is 15.2 Å². The third-order valence-electron chi connectivity index (χ3n) is 2.90. The maximum absolute atomic E-state index is 12.2. The highest BCUT2D eigenvalue weighted by molar-refractivity contribution is 9.10. The summed E-state index contributed by atoms with van der Waals surface area (Å²) in [6.07, 6.45) is 2.88. The van der Waals surface area contributed by atoms with Crippen molar-refractivity contribution in [2.75, 3.05) is 10.6 Å². The van der Waals surface area contributed by atoms with E-state index in [1.807, 2.05) is 18.2 Å². The molecule has 0 saturated heterocycles. The number of carbonyl (C=O) groups excluding carboxylic acids is 1. The van der Waals surface area contributed by atoms with Gasteiger partial charge >= 0.3 is 0 Å². The zero-order valence-electron chi connectivity index (χ0n) is 12.1. The van der Waals surface area contributed by atoms with E-state index in [9.17, 15) is 4.79 Å². The maximum Gasteiger partial charge on any atom is 0.258 e. The van der Waals surface area contributed by atoms with Crippen molar-refractivity contribution in [2.45, 2.75) is 6.92 Å². The highest BCUT2D eigenvalue weighted by Gasteiger charge is 2.10. The second-order valence-electron chi connectivity index (χ2n) is 4.68. The quantitative estimate of drug-likeness (QED) is 0.726. The number of carbonyl (C=O) groups is 1. The molecule has 0 atom stereocenters. The Morgan fingerprint density at radius 2 is 1.96 bits per heavy atom. The van der Waals surface area contributed by atoms with Gasteiger partial charge in [0, 0.05) is 22.9 Å². The Bertz CT molecular complexity index is 832. The average molecular weight is 374 g/mol. The van der Waals surface area contributed by atoms with E-state index in [1.165, 1.54) is 12.4 Å². The van der Waals surface area contributed by atoms with Crippen LogP contribution in [0.25, 0.3) is 0 Å². The second-order valence-corrected chi connectivity index (χ2v) is 5.53. The third kappa shape index (κ3) is 3.72. The average Bonchev–Trinajstić information content (AvgIpc) is 2.95. The summed E-state index contributed by atoms with van der Waals surface area (Å²) in [4.78, 5) is 20.4. The molecule has 0 fully saturated rings. The number of benzene rings is 1. The number of anilines is 3. The van der Waals surface area contributed by atoms with Gasteiger partial charge in [-0.25, -0.2) is 9.97 Å². The molecule has 2 N–H and O–H groups in total. The lowest BCUT2D eigenvalue weighted by Crippen LogP contribution is -2.13. The Labute approximate surface area is 140 Å². The molecule has 1 aromatic carbocycles.